The first-order chi connectivity index (χ1) is 9.39. The van der Waals surface area contributed by atoms with Crippen LogP contribution in [-0.2, 0) is 5.41 Å². The lowest BCUT2D eigenvalue weighted by atomic mass is 9.96. The van der Waals surface area contributed by atoms with Crippen molar-refractivity contribution in [2.24, 2.45) is 0 Å². The molecule has 0 radical (unpaired) electrons. The van der Waals surface area contributed by atoms with Gasteiger partial charge in [0.05, 0.1) is 11.1 Å². The van der Waals surface area contributed by atoms with Gasteiger partial charge < -0.3 is 0 Å². The van der Waals surface area contributed by atoms with Crippen molar-refractivity contribution in [3.63, 3.8) is 0 Å². The van der Waals surface area contributed by atoms with E-state index in [9.17, 15) is 9.59 Å². The van der Waals surface area contributed by atoms with Crippen LogP contribution in [0.15, 0.2) is 30.5 Å². The van der Waals surface area contributed by atoms with Crippen molar-refractivity contribution in [1.82, 2.24) is 4.98 Å². The molecule has 0 saturated heterocycles. The van der Waals surface area contributed by atoms with Crippen LogP contribution >= 0.6 is 11.3 Å². The molecule has 0 N–H and O–H groups in total. The summed E-state index contributed by atoms with van der Waals surface area (Å²) in [4.78, 5) is 31.1. The van der Waals surface area contributed by atoms with Crippen LogP contribution in [-0.4, -0.2) is 16.8 Å². The van der Waals surface area contributed by atoms with Crippen molar-refractivity contribution in [3.8, 4) is 0 Å². The van der Waals surface area contributed by atoms with Gasteiger partial charge in [0.15, 0.2) is 5.13 Å². The van der Waals surface area contributed by atoms with Crippen molar-refractivity contribution in [3.05, 3.63) is 46.5 Å². The zero-order valence-electron chi connectivity index (χ0n) is 11.5. The molecule has 2 heterocycles. The maximum atomic E-state index is 12.3. The van der Waals surface area contributed by atoms with Crippen molar-refractivity contribution in [2.75, 3.05) is 4.90 Å². The summed E-state index contributed by atoms with van der Waals surface area (Å²) in [6.45, 7) is 6.23. The van der Waals surface area contributed by atoms with Crippen molar-refractivity contribution in [2.45, 2.75) is 26.2 Å². The zero-order valence-corrected chi connectivity index (χ0v) is 12.3. The third-order valence-corrected chi connectivity index (χ3v) is 4.63. The van der Waals surface area contributed by atoms with E-state index >= 15 is 0 Å². The van der Waals surface area contributed by atoms with Gasteiger partial charge in [-0.15, -0.1) is 11.3 Å². The summed E-state index contributed by atoms with van der Waals surface area (Å²) in [5.74, 6) is -0.583. The first-order valence-electron chi connectivity index (χ1n) is 6.34. The van der Waals surface area contributed by atoms with Gasteiger partial charge in [-0.05, 0) is 17.5 Å². The molecule has 1 aromatic heterocycles. The third-order valence-electron chi connectivity index (χ3n) is 3.22. The Bertz CT molecular complexity index is 678. The molecule has 0 spiro atoms. The molecule has 4 nitrogen and oxygen atoms in total. The van der Waals surface area contributed by atoms with Gasteiger partial charge in [-0.25, -0.2) is 9.88 Å². The summed E-state index contributed by atoms with van der Waals surface area (Å²) in [6.07, 6.45) is 1.74. The summed E-state index contributed by atoms with van der Waals surface area (Å²) in [7, 11) is 0. The molecule has 1 aliphatic heterocycles. The molecule has 5 heteroatoms. The second-order valence-corrected chi connectivity index (χ2v) is 6.76. The summed E-state index contributed by atoms with van der Waals surface area (Å²) < 4.78 is 0. The molecule has 0 atom stereocenters. The van der Waals surface area contributed by atoms with E-state index in [0.29, 0.717) is 16.3 Å². The standard InChI is InChI=1S/C15H14N2O2S/c1-15(2,3)11-8-16-14(20-11)17-12(18)9-6-4-5-7-10(9)13(17)19/h4-8H,1-3H3. The summed E-state index contributed by atoms with van der Waals surface area (Å²) >= 11 is 1.39. The maximum absolute atomic E-state index is 12.3. The van der Waals surface area contributed by atoms with E-state index in [0.717, 1.165) is 4.88 Å². The van der Waals surface area contributed by atoms with Crippen LogP contribution in [0.5, 0.6) is 0 Å². The van der Waals surface area contributed by atoms with Gasteiger partial charge in [0.25, 0.3) is 11.8 Å². The second kappa shape index (κ2) is 4.24. The van der Waals surface area contributed by atoms with E-state index < -0.39 is 0 Å². The number of fused-ring (bicyclic) bond motifs is 1. The SMILES string of the molecule is CC(C)(C)c1cnc(N2C(=O)c3ccccc3C2=O)s1. The minimum atomic E-state index is -0.291. The van der Waals surface area contributed by atoms with E-state index in [2.05, 4.69) is 25.8 Å². The van der Waals surface area contributed by atoms with Gasteiger partial charge in [0.2, 0.25) is 0 Å². The lowest BCUT2D eigenvalue weighted by Gasteiger charge is -2.15. The molecule has 2 amide bonds. The van der Waals surface area contributed by atoms with Crippen LogP contribution in [0.4, 0.5) is 5.13 Å². The minimum absolute atomic E-state index is 0.0470. The van der Waals surface area contributed by atoms with E-state index in [1.54, 1.807) is 30.5 Å². The van der Waals surface area contributed by atoms with E-state index in [1.165, 1.54) is 16.2 Å². The topological polar surface area (TPSA) is 50.3 Å². The van der Waals surface area contributed by atoms with Crippen LogP contribution in [0.2, 0.25) is 0 Å². The van der Waals surface area contributed by atoms with Gasteiger partial charge >= 0.3 is 0 Å². The molecule has 3 rings (SSSR count). The smallest absolute Gasteiger partial charge is 0.268 e. The van der Waals surface area contributed by atoms with Crippen LogP contribution in [0.25, 0.3) is 0 Å². The van der Waals surface area contributed by atoms with Crippen molar-refractivity contribution < 1.29 is 9.59 Å². The lowest BCUT2D eigenvalue weighted by molar-refractivity contribution is 0.0926. The Hall–Kier alpha value is -2.01. The number of aromatic nitrogens is 1. The highest BCUT2D eigenvalue weighted by atomic mass is 32.1. The normalized spacial score (nSPS) is 14.8. The molecule has 20 heavy (non-hydrogen) atoms. The van der Waals surface area contributed by atoms with Gasteiger partial charge in [0, 0.05) is 11.1 Å². The largest absolute Gasteiger partial charge is 0.268 e. The molecular weight excluding hydrogens is 272 g/mol. The number of hydrogen-bond donors (Lipinski definition) is 0. The fourth-order valence-electron chi connectivity index (χ4n) is 2.08. The number of imide groups is 1. The fraction of sp³-hybridized carbons (Fsp3) is 0.267. The number of rotatable bonds is 1. The average molecular weight is 286 g/mol. The number of benzene rings is 1. The van der Waals surface area contributed by atoms with Crippen LogP contribution in [0.3, 0.4) is 0 Å². The molecule has 0 bridgehead atoms. The summed E-state index contributed by atoms with van der Waals surface area (Å²) in [5.41, 5.74) is 0.851. The number of carbonyl (C=O) groups excluding carboxylic acids is 2. The number of amides is 2. The second-order valence-electron chi connectivity index (χ2n) is 5.75. The predicted molar refractivity (Wildman–Crippen MR) is 78.4 cm³/mol. The Morgan fingerprint density at radius 1 is 1.05 bits per heavy atom. The summed E-state index contributed by atoms with van der Waals surface area (Å²) in [6, 6.07) is 6.87. The zero-order chi connectivity index (χ0) is 14.5. The molecule has 2 aromatic rings. The minimum Gasteiger partial charge on any atom is -0.268 e. The van der Waals surface area contributed by atoms with Gasteiger partial charge in [-0.3, -0.25) is 9.59 Å². The average Bonchev–Trinajstić information content (AvgIpc) is 2.95. The van der Waals surface area contributed by atoms with Gasteiger partial charge in [0.1, 0.15) is 0 Å². The van der Waals surface area contributed by atoms with Crippen LogP contribution in [0, 0.1) is 0 Å². The molecule has 0 saturated carbocycles. The Morgan fingerprint density at radius 3 is 2.05 bits per heavy atom. The fourth-order valence-corrected chi connectivity index (χ4v) is 3.05. The highest BCUT2D eigenvalue weighted by Gasteiger charge is 2.38. The number of thiazole rings is 1. The summed E-state index contributed by atoms with van der Waals surface area (Å²) in [5, 5.41) is 0.445. The van der Waals surface area contributed by atoms with Crippen molar-refractivity contribution in [1.29, 1.82) is 0 Å². The quantitative estimate of drug-likeness (QED) is 0.756. The van der Waals surface area contributed by atoms with Crippen LogP contribution in [0.1, 0.15) is 46.4 Å². The number of nitrogens with zero attached hydrogens (tertiary/aromatic N) is 2. The van der Waals surface area contributed by atoms with Gasteiger partial charge in [-0.1, -0.05) is 32.9 Å². The Kier molecular flexibility index (Phi) is 2.76. The van der Waals surface area contributed by atoms with Gasteiger partial charge in [-0.2, -0.15) is 0 Å². The Labute approximate surface area is 121 Å². The highest BCUT2D eigenvalue weighted by molar-refractivity contribution is 7.16. The molecule has 0 aliphatic carbocycles. The number of carbonyl (C=O) groups is 2. The highest BCUT2D eigenvalue weighted by Crippen LogP contribution is 2.35. The third kappa shape index (κ3) is 1.86. The Morgan fingerprint density at radius 2 is 1.60 bits per heavy atom. The van der Waals surface area contributed by atoms with E-state index in [-0.39, 0.29) is 17.2 Å². The van der Waals surface area contributed by atoms with E-state index in [4.69, 9.17) is 0 Å². The molecule has 0 unspecified atom stereocenters. The molecular formula is C15H14N2O2S. The molecule has 0 fully saturated rings. The first-order valence-corrected chi connectivity index (χ1v) is 7.15. The maximum Gasteiger partial charge on any atom is 0.268 e. The first kappa shape index (κ1) is 13.0. The predicted octanol–water partition coefficient (Wildman–Crippen LogP) is 3.24. The van der Waals surface area contributed by atoms with Crippen LogP contribution < -0.4 is 4.90 Å². The monoisotopic (exact) mass is 286 g/mol. The molecule has 102 valence electrons. The van der Waals surface area contributed by atoms with Crippen molar-refractivity contribution >= 4 is 28.3 Å². The van der Waals surface area contributed by atoms with E-state index in [1.807, 2.05) is 0 Å². The lowest BCUT2D eigenvalue weighted by Crippen LogP contribution is -2.29. The molecule has 1 aromatic carbocycles. The Balaban J connectivity index is 2.03. The number of hydrogen-bond acceptors (Lipinski definition) is 4. The number of anilines is 1. The molecule has 1 aliphatic rings.